The number of anilines is 1. The number of piperazine rings is 1. The van der Waals surface area contributed by atoms with Gasteiger partial charge < -0.3 is 9.64 Å². The van der Waals surface area contributed by atoms with E-state index in [-0.39, 0.29) is 0 Å². The maximum absolute atomic E-state index is 5.30. The first-order chi connectivity index (χ1) is 14.2. The van der Waals surface area contributed by atoms with Crippen molar-refractivity contribution in [3.8, 4) is 5.75 Å². The number of rotatable bonds is 4. The van der Waals surface area contributed by atoms with E-state index in [9.17, 15) is 0 Å². The molecule has 2 aromatic carbocycles. The highest BCUT2D eigenvalue weighted by Gasteiger charge is 2.31. The average Bonchev–Trinajstić information content (AvgIpc) is 3.13. The minimum Gasteiger partial charge on any atom is -0.497 e. The van der Waals surface area contributed by atoms with Crippen LogP contribution >= 0.6 is 0 Å². The van der Waals surface area contributed by atoms with E-state index in [1.54, 1.807) is 7.11 Å². The molecule has 0 aliphatic carbocycles. The molecule has 1 fully saturated rings. The van der Waals surface area contributed by atoms with Crippen LogP contribution in [0.5, 0.6) is 5.75 Å². The zero-order valence-corrected chi connectivity index (χ0v) is 17.2. The number of imidazole rings is 1. The summed E-state index contributed by atoms with van der Waals surface area (Å²) in [6.07, 6.45) is 0. The Labute approximate surface area is 171 Å². The zero-order chi connectivity index (χ0) is 19.8. The summed E-state index contributed by atoms with van der Waals surface area (Å²) in [5.41, 5.74) is 3.55. The van der Waals surface area contributed by atoms with Crippen LogP contribution in [0.2, 0.25) is 0 Å². The third kappa shape index (κ3) is 3.57. The topological polar surface area (TPSA) is 40.0 Å². The molecule has 3 heterocycles. The van der Waals surface area contributed by atoms with Gasteiger partial charge in [0.2, 0.25) is 5.95 Å². The number of aromatic nitrogens is 2. The van der Waals surface area contributed by atoms with E-state index in [0.717, 1.165) is 63.3 Å². The predicted molar refractivity (Wildman–Crippen MR) is 115 cm³/mol. The fourth-order valence-electron chi connectivity index (χ4n) is 4.24. The molecule has 0 saturated carbocycles. The Hall–Kier alpha value is -2.61. The van der Waals surface area contributed by atoms with Crippen LogP contribution in [0.4, 0.5) is 5.95 Å². The summed E-state index contributed by atoms with van der Waals surface area (Å²) in [7, 11) is 3.90. The van der Waals surface area contributed by atoms with Crippen LogP contribution in [0.25, 0.3) is 11.0 Å². The molecule has 7 nitrogen and oxygen atoms in total. The van der Waals surface area contributed by atoms with Gasteiger partial charge in [0.25, 0.3) is 0 Å². The summed E-state index contributed by atoms with van der Waals surface area (Å²) in [4.78, 5) is 9.84. The van der Waals surface area contributed by atoms with Crippen molar-refractivity contribution in [2.75, 3.05) is 52.0 Å². The van der Waals surface area contributed by atoms with Crippen molar-refractivity contribution < 1.29 is 4.74 Å². The fraction of sp³-hybridized carbons (Fsp3) is 0.409. The number of benzene rings is 2. The highest BCUT2D eigenvalue weighted by atomic mass is 16.5. The summed E-state index contributed by atoms with van der Waals surface area (Å²) in [5, 5.41) is 4.83. The first kappa shape index (κ1) is 18.4. The van der Waals surface area contributed by atoms with Crippen LogP contribution in [-0.2, 0) is 13.2 Å². The van der Waals surface area contributed by atoms with Crippen LogP contribution in [0, 0.1) is 0 Å². The van der Waals surface area contributed by atoms with E-state index in [2.05, 4.69) is 67.8 Å². The van der Waals surface area contributed by atoms with Gasteiger partial charge in [0.15, 0.2) is 0 Å². The van der Waals surface area contributed by atoms with Crippen molar-refractivity contribution >= 4 is 17.0 Å². The molecular weight excluding hydrogens is 364 g/mol. The number of para-hydroxylation sites is 2. The standard InChI is InChI=1S/C22H28N6O/c1-24-11-13-26(14-12-24)28-17-25(15-18-7-9-19(29-2)10-8-18)16-27-21-6-4-3-5-20(21)23-22(27)28/h3-10H,11-17H2,1-2H3. The summed E-state index contributed by atoms with van der Waals surface area (Å²) in [6.45, 7) is 6.78. The summed E-state index contributed by atoms with van der Waals surface area (Å²) >= 11 is 0. The van der Waals surface area contributed by atoms with E-state index >= 15 is 0 Å². The van der Waals surface area contributed by atoms with E-state index in [4.69, 9.17) is 9.72 Å². The quantitative estimate of drug-likeness (QED) is 0.679. The van der Waals surface area contributed by atoms with Gasteiger partial charge in [-0.25, -0.2) is 9.99 Å². The predicted octanol–water partition coefficient (Wildman–Crippen LogP) is 2.44. The molecule has 0 atom stereocenters. The third-order valence-electron chi connectivity index (χ3n) is 5.93. The number of nitrogens with zero attached hydrogens (tertiary/aromatic N) is 6. The molecule has 2 aliphatic rings. The Balaban J connectivity index is 1.46. The molecule has 1 aromatic heterocycles. The first-order valence-corrected chi connectivity index (χ1v) is 10.2. The molecule has 5 rings (SSSR count). The van der Waals surface area contributed by atoms with Gasteiger partial charge in [0.05, 0.1) is 31.5 Å². The Morgan fingerprint density at radius 1 is 0.931 bits per heavy atom. The second-order valence-electron chi connectivity index (χ2n) is 7.94. The Bertz CT molecular complexity index is 977. The van der Waals surface area contributed by atoms with Gasteiger partial charge in [-0.2, -0.15) is 0 Å². The highest BCUT2D eigenvalue weighted by Crippen LogP contribution is 2.29. The summed E-state index contributed by atoms with van der Waals surface area (Å²) < 4.78 is 7.65. The molecule has 0 amide bonds. The van der Waals surface area contributed by atoms with E-state index in [0.29, 0.717) is 0 Å². The van der Waals surface area contributed by atoms with Crippen LogP contribution in [0.1, 0.15) is 5.56 Å². The van der Waals surface area contributed by atoms with Crippen molar-refractivity contribution in [2.24, 2.45) is 0 Å². The normalized spacial score (nSPS) is 18.9. The SMILES string of the molecule is COc1ccc(CN2CN(N3CCN(C)CC3)c3nc4ccccc4n3C2)cc1. The van der Waals surface area contributed by atoms with E-state index in [1.807, 2.05) is 12.1 Å². The van der Waals surface area contributed by atoms with Crippen molar-refractivity contribution in [1.29, 1.82) is 0 Å². The Kier molecular flexibility index (Phi) is 4.87. The highest BCUT2D eigenvalue weighted by molar-refractivity contribution is 5.78. The second-order valence-corrected chi connectivity index (χ2v) is 7.94. The lowest BCUT2D eigenvalue weighted by Gasteiger charge is -2.45. The molecule has 7 heteroatoms. The number of hydrazine groups is 1. The van der Waals surface area contributed by atoms with Gasteiger partial charge in [0.1, 0.15) is 5.75 Å². The summed E-state index contributed by atoms with van der Waals surface area (Å²) in [5.74, 6) is 1.95. The lowest BCUT2D eigenvalue weighted by Crippen LogP contribution is -2.58. The molecule has 0 bridgehead atoms. The Morgan fingerprint density at radius 3 is 2.45 bits per heavy atom. The van der Waals surface area contributed by atoms with Crippen molar-refractivity contribution in [3.05, 3.63) is 54.1 Å². The van der Waals surface area contributed by atoms with Crippen LogP contribution in [0.15, 0.2) is 48.5 Å². The molecule has 2 aliphatic heterocycles. The van der Waals surface area contributed by atoms with Gasteiger partial charge in [-0.15, -0.1) is 0 Å². The van der Waals surface area contributed by atoms with Crippen molar-refractivity contribution in [1.82, 2.24) is 24.4 Å². The van der Waals surface area contributed by atoms with Crippen molar-refractivity contribution in [3.63, 3.8) is 0 Å². The van der Waals surface area contributed by atoms with Gasteiger partial charge in [-0.3, -0.25) is 14.5 Å². The molecule has 0 N–H and O–H groups in total. The Morgan fingerprint density at radius 2 is 1.69 bits per heavy atom. The maximum atomic E-state index is 5.30. The molecule has 3 aromatic rings. The number of fused-ring (bicyclic) bond motifs is 3. The summed E-state index contributed by atoms with van der Waals surface area (Å²) in [6, 6.07) is 16.8. The average molecular weight is 393 g/mol. The van der Waals surface area contributed by atoms with Crippen LogP contribution in [-0.4, -0.2) is 71.4 Å². The number of ether oxygens (including phenoxy) is 1. The van der Waals surface area contributed by atoms with Crippen molar-refractivity contribution in [2.45, 2.75) is 13.2 Å². The molecule has 152 valence electrons. The maximum Gasteiger partial charge on any atom is 0.223 e. The van der Waals surface area contributed by atoms with Crippen LogP contribution < -0.4 is 9.75 Å². The molecular formula is C22H28N6O. The second kappa shape index (κ2) is 7.67. The van der Waals surface area contributed by atoms with E-state index < -0.39 is 0 Å². The number of methoxy groups -OCH3 is 1. The van der Waals surface area contributed by atoms with Gasteiger partial charge in [-0.1, -0.05) is 24.3 Å². The largest absolute Gasteiger partial charge is 0.497 e. The number of likely N-dealkylation sites (N-methyl/N-ethyl adjacent to an activating group) is 1. The molecule has 0 spiro atoms. The molecule has 0 unspecified atom stereocenters. The first-order valence-electron chi connectivity index (χ1n) is 10.2. The minimum absolute atomic E-state index is 0.839. The van der Waals surface area contributed by atoms with Gasteiger partial charge in [-0.05, 0) is 36.9 Å². The fourth-order valence-corrected chi connectivity index (χ4v) is 4.24. The molecule has 0 radical (unpaired) electrons. The zero-order valence-electron chi connectivity index (χ0n) is 17.2. The lowest BCUT2D eigenvalue weighted by atomic mass is 10.2. The third-order valence-corrected chi connectivity index (χ3v) is 5.93. The molecule has 29 heavy (non-hydrogen) atoms. The smallest absolute Gasteiger partial charge is 0.223 e. The minimum atomic E-state index is 0.839. The molecule has 1 saturated heterocycles. The monoisotopic (exact) mass is 392 g/mol. The van der Waals surface area contributed by atoms with E-state index in [1.165, 1.54) is 11.1 Å². The van der Waals surface area contributed by atoms with Gasteiger partial charge in [0, 0.05) is 32.7 Å². The lowest BCUT2D eigenvalue weighted by molar-refractivity contribution is 0.0863. The van der Waals surface area contributed by atoms with Gasteiger partial charge >= 0.3 is 0 Å². The number of hydrogen-bond donors (Lipinski definition) is 0. The van der Waals surface area contributed by atoms with Crippen LogP contribution in [0.3, 0.4) is 0 Å². The number of hydrogen-bond acceptors (Lipinski definition) is 6.